The van der Waals surface area contributed by atoms with Crippen molar-refractivity contribution in [3.05, 3.63) is 133 Å². The van der Waals surface area contributed by atoms with E-state index in [1.807, 2.05) is 12.1 Å². The Bertz CT molecular complexity index is 2120. The van der Waals surface area contributed by atoms with Crippen molar-refractivity contribution in [1.82, 2.24) is 0 Å². The van der Waals surface area contributed by atoms with E-state index in [-0.39, 0.29) is 0 Å². The first-order valence-corrected chi connectivity index (χ1v) is 12.7. The summed E-state index contributed by atoms with van der Waals surface area (Å²) in [6.07, 6.45) is 0. The second-order valence-corrected chi connectivity index (χ2v) is 9.77. The molecule has 1 heterocycles. The standard InChI is InChI=1S/C36H22O/c1-2-6-30-25(5-1)13-16-27-17-14-26-15-18-28(21-32(26)36(27)30)23-9-11-24(12-10-23)29-19-20-35-33(22-29)31-7-3-4-8-34(31)37-35/h1-22H. The number of fused-ring (bicyclic) bond motifs is 8. The normalized spacial score (nSPS) is 11.8. The molecule has 1 nitrogen and oxygen atoms in total. The van der Waals surface area contributed by atoms with Gasteiger partial charge in [-0.1, -0.05) is 109 Å². The van der Waals surface area contributed by atoms with Crippen LogP contribution in [0.15, 0.2) is 138 Å². The fourth-order valence-electron chi connectivity index (χ4n) is 5.77. The molecule has 0 bridgehead atoms. The molecule has 0 atom stereocenters. The van der Waals surface area contributed by atoms with Gasteiger partial charge in [0.05, 0.1) is 0 Å². The molecular formula is C36H22O. The zero-order chi connectivity index (χ0) is 24.3. The lowest BCUT2D eigenvalue weighted by Crippen LogP contribution is -1.84. The van der Waals surface area contributed by atoms with E-state index in [0.717, 1.165) is 21.9 Å². The molecule has 1 heteroatoms. The molecule has 8 rings (SSSR count). The molecule has 0 aliphatic rings. The summed E-state index contributed by atoms with van der Waals surface area (Å²) >= 11 is 0. The van der Waals surface area contributed by atoms with Crippen molar-refractivity contribution >= 4 is 54.3 Å². The van der Waals surface area contributed by atoms with Gasteiger partial charge in [-0.25, -0.2) is 0 Å². The second kappa shape index (κ2) is 7.81. The first-order valence-electron chi connectivity index (χ1n) is 12.7. The zero-order valence-electron chi connectivity index (χ0n) is 20.1. The Balaban J connectivity index is 1.24. The summed E-state index contributed by atoms with van der Waals surface area (Å²) in [6.45, 7) is 0. The van der Waals surface area contributed by atoms with Crippen LogP contribution in [0.4, 0.5) is 0 Å². The van der Waals surface area contributed by atoms with Crippen LogP contribution in [-0.2, 0) is 0 Å². The van der Waals surface area contributed by atoms with Crippen molar-refractivity contribution in [2.75, 3.05) is 0 Å². The highest BCUT2D eigenvalue weighted by Crippen LogP contribution is 2.36. The minimum atomic E-state index is 0.928. The maximum Gasteiger partial charge on any atom is 0.135 e. The van der Waals surface area contributed by atoms with E-state index in [1.165, 1.54) is 54.6 Å². The molecule has 172 valence electrons. The number of para-hydroxylation sites is 1. The molecule has 37 heavy (non-hydrogen) atoms. The quantitative estimate of drug-likeness (QED) is 0.229. The molecule has 0 fully saturated rings. The largest absolute Gasteiger partial charge is 0.456 e. The van der Waals surface area contributed by atoms with E-state index in [1.54, 1.807) is 0 Å². The highest BCUT2D eigenvalue weighted by Gasteiger charge is 2.10. The van der Waals surface area contributed by atoms with Gasteiger partial charge in [0.2, 0.25) is 0 Å². The Morgan fingerprint density at radius 2 is 0.838 bits per heavy atom. The topological polar surface area (TPSA) is 13.1 Å². The summed E-state index contributed by atoms with van der Waals surface area (Å²) in [5.74, 6) is 0. The first-order chi connectivity index (χ1) is 18.3. The van der Waals surface area contributed by atoms with Gasteiger partial charge in [0, 0.05) is 10.8 Å². The molecule has 0 aliphatic heterocycles. The van der Waals surface area contributed by atoms with E-state index in [9.17, 15) is 0 Å². The fraction of sp³-hybridized carbons (Fsp3) is 0. The maximum atomic E-state index is 6.01. The molecule has 0 radical (unpaired) electrons. The Morgan fingerprint density at radius 3 is 1.62 bits per heavy atom. The Morgan fingerprint density at radius 1 is 0.324 bits per heavy atom. The van der Waals surface area contributed by atoms with Gasteiger partial charge >= 0.3 is 0 Å². The van der Waals surface area contributed by atoms with Gasteiger partial charge in [-0.2, -0.15) is 0 Å². The number of furan rings is 1. The Labute approximate surface area is 214 Å². The Kier molecular flexibility index (Phi) is 4.29. The predicted molar refractivity (Wildman–Crippen MR) is 157 cm³/mol. The molecule has 0 aliphatic carbocycles. The summed E-state index contributed by atoms with van der Waals surface area (Å²) in [5, 5.41) is 10.1. The van der Waals surface area contributed by atoms with Gasteiger partial charge in [-0.15, -0.1) is 0 Å². The third-order valence-electron chi connectivity index (χ3n) is 7.65. The van der Waals surface area contributed by atoms with Gasteiger partial charge in [0.15, 0.2) is 0 Å². The van der Waals surface area contributed by atoms with Crippen molar-refractivity contribution in [2.24, 2.45) is 0 Å². The molecular weight excluding hydrogens is 448 g/mol. The number of hydrogen-bond donors (Lipinski definition) is 0. The van der Waals surface area contributed by atoms with Crippen molar-refractivity contribution in [3.63, 3.8) is 0 Å². The lowest BCUT2D eigenvalue weighted by Gasteiger charge is -2.11. The lowest BCUT2D eigenvalue weighted by molar-refractivity contribution is 0.669. The maximum absolute atomic E-state index is 6.01. The highest BCUT2D eigenvalue weighted by atomic mass is 16.3. The first kappa shape index (κ1) is 20.3. The van der Waals surface area contributed by atoms with Crippen LogP contribution in [0.3, 0.4) is 0 Å². The summed E-state index contributed by atoms with van der Waals surface area (Å²) in [6, 6.07) is 48.0. The van der Waals surface area contributed by atoms with Gasteiger partial charge in [-0.05, 0) is 78.8 Å². The fourth-order valence-corrected chi connectivity index (χ4v) is 5.77. The molecule has 0 unspecified atom stereocenters. The van der Waals surface area contributed by atoms with E-state index < -0.39 is 0 Å². The predicted octanol–water partition coefficient (Wildman–Crippen LogP) is 10.4. The average molecular weight is 471 g/mol. The third kappa shape index (κ3) is 3.18. The summed E-state index contributed by atoms with van der Waals surface area (Å²) in [5.41, 5.74) is 6.71. The van der Waals surface area contributed by atoms with Gasteiger partial charge in [0.25, 0.3) is 0 Å². The van der Waals surface area contributed by atoms with Crippen molar-refractivity contribution in [3.8, 4) is 22.3 Å². The monoisotopic (exact) mass is 470 g/mol. The van der Waals surface area contributed by atoms with Gasteiger partial charge < -0.3 is 4.42 Å². The van der Waals surface area contributed by atoms with E-state index >= 15 is 0 Å². The summed E-state index contributed by atoms with van der Waals surface area (Å²) in [4.78, 5) is 0. The number of benzene rings is 7. The van der Waals surface area contributed by atoms with Gasteiger partial charge in [0.1, 0.15) is 11.2 Å². The van der Waals surface area contributed by atoms with E-state index in [2.05, 4.69) is 121 Å². The molecule has 1 aromatic heterocycles. The van der Waals surface area contributed by atoms with E-state index in [4.69, 9.17) is 4.42 Å². The van der Waals surface area contributed by atoms with Crippen molar-refractivity contribution < 1.29 is 4.42 Å². The van der Waals surface area contributed by atoms with E-state index in [0.29, 0.717) is 0 Å². The van der Waals surface area contributed by atoms with Crippen molar-refractivity contribution in [1.29, 1.82) is 0 Å². The molecule has 0 spiro atoms. The van der Waals surface area contributed by atoms with Crippen LogP contribution in [0.2, 0.25) is 0 Å². The minimum absolute atomic E-state index is 0.928. The van der Waals surface area contributed by atoms with Crippen LogP contribution >= 0.6 is 0 Å². The Hall–Kier alpha value is -4.88. The molecule has 0 saturated heterocycles. The second-order valence-electron chi connectivity index (χ2n) is 9.77. The van der Waals surface area contributed by atoms with Crippen molar-refractivity contribution in [2.45, 2.75) is 0 Å². The summed E-state index contributed by atoms with van der Waals surface area (Å²) in [7, 11) is 0. The number of rotatable bonds is 2. The van der Waals surface area contributed by atoms with Crippen LogP contribution in [0, 0.1) is 0 Å². The molecule has 0 N–H and O–H groups in total. The molecule has 0 amide bonds. The van der Waals surface area contributed by atoms with Crippen LogP contribution in [-0.4, -0.2) is 0 Å². The third-order valence-corrected chi connectivity index (χ3v) is 7.65. The van der Waals surface area contributed by atoms with Crippen LogP contribution in [0.5, 0.6) is 0 Å². The molecule has 7 aromatic carbocycles. The van der Waals surface area contributed by atoms with Crippen LogP contribution in [0.1, 0.15) is 0 Å². The molecule has 8 aromatic rings. The number of hydrogen-bond acceptors (Lipinski definition) is 1. The van der Waals surface area contributed by atoms with Crippen LogP contribution in [0.25, 0.3) is 76.5 Å². The average Bonchev–Trinajstić information content (AvgIpc) is 3.34. The zero-order valence-corrected chi connectivity index (χ0v) is 20.1. The smallest absolute Gasteiger partial charge is 0.135 e. The lowest BCUT2D eigenvalue weighted by atomic mass is 9.93. The summed E-state index contributed by atoms with van der Waals surface area (Å²) < 4.78 is 6.01. The van der Waals surface area contributed by atoms with Gasteiger partial charge in [-0.3, -0.25) is 0 Å². The molecule has 0 saturated carbocycles. The highest BCUT2D eigenvalue weighted by molar-refractivity contribution is 6.20. The van der Waals surface area contributed by atoms with Crippen LogP contribution < -0.4 is 0 Å². The minimum Gasteiger partial charge on any atom is -0.456 e. The SMILES string of the molecule is c1ccc2c(c1)ccc1ccc3ccc(-c4ccc(-c5ccc6oc7ccccc7c6c5)cc4)cc3c12.